The molecule has 0 saturated heterocycles. The van der Waals surface area contributed by atoms with Gasteiger partial charge in [0.15, 0.2) is 5.75 Å². The Bertz CT molecular complexity index is 452. The number of rotatable bonds is 1. The van der Waals surface area contributed by atoms with E-state index >= 15 is 0 Å². The highest BCUT2D eigenvalue weighted by Crippen LogP contribution is 2.29. The van der Waals surface area contributed by atoms with Gasteiger partial charge in [0.2, 0.25) is 0 Å². The molecular formula is C8H6N2O2S. The SMILES string of the molecule is CC(=O)Oc1csc2ncncc12. The Hall–Kier alpha value is -1.49. The van der Waals surface area contributed by atoms with Gasteiger partial charge in [-0.2, -0.15) is 0 Å². The largest absolute Gasteiger partial charge is 0.425 e. The highest BCUT2D eigenvalue weighted by molar-refractivity contribution is 7.17. The number of thiophene rings is 1. The van der Waals surface area contributed by atoms with E-state index in [2.05, 4.69) is 9.97 Å². The summed E-state index contributed by atoms with van der Waals surface area (Å²) in [5.74, 6) is 0.205. The van der Waals surface area contributed by atoms with Gasteiger partial charge < -0.3 is 4.74 Å². The van der Waals surface area contributed by atoms with Crippen LogP contribution in [0.25, 0.3) is 10.2 Å². The van der Waals surface area contributed by atoms with Crippen LogP contribution in [0.4, 0.5) is 0 Å². The number of hydrogen-bond donors (Lipinski definition) is 0. The molecule has 2 heterocycles. The van der Waals surface area contributed by atoms with E-state index in [0.717, 1.165) is 10.2 Å². The lowest BCUT2D eigenvalue weighted by Gasteiger charge is -1.96. The summed E-state index contributed by atoms with van der Waals surface area (Å²) >= 11 is 1.43. The molecule has 66 valence electrons. The van der Waals surface area contributed by atoms with Gasteiger partial charge in [-0.05, 0) is 0 Å². The van der Waals surface area contributed by atoms with Crippen LogP contribution in [0.15, 0.2) is 17.9 Å². The van der Waals surface area contributed by atoms with Crippen LogP contribution >= 0.6 is 11.3 Å². The van der Waals surface area contributed by atoms with Gasteiger partial charge in [0.1, 0.15) is 11.2 Å². The van der Waals surface area contributed by atoms with Gasteiger partial charge in [-0.15, -0.1) is 11.3 Å². The zero-order valence-corrected chi connectivity index (χ0v) is 7.67. The van der Waals surface area contributed by atoms with Gasteiger partial charge >= 0.3 is 5.97 Å². The van der Waals surface area contributed by atoms with Crippen LogP contribution in [0.2, 0.25) is 0 Å². The predicted molar refractivity (Wildman–Crippen MR) is 48.7 cm³/mol. The molecule has 0 aromatic carbocycles. The average molecular weight is 194 g/mol. The first-order valence-corrected chi connectivity index (χ1v) is 4.51. The minimum Gasteiger partial charge on any atom is -0.425 e. The zero-order chi connectivity index (χ0) is 9.26. The molecule has 0 aliphatic carbocycles. The summed E-state index contributed by atoms with van der Waals surface area (Å²) in [6.45, 7) is 1.37. The second-order valence-corrected chi connectivity index (χ2v) is 3.29. The molecule has 13 heavy (non-hydrogen) atoms. The van der Waals surface area contributed by atoms with Gasteiger partial charge in [0.05, 0.1) is 5.39 Å². The number of fused-ring (bicyclic) bond motifs is 1. The van der Waals surface area contributed by atoms with E-state index in [-0.39, 0.29) is 5.97 Å². The molecule has 0 aliphatic heterocycles. The average Bonchev–Trinajstić information content (AvgIpc) is 2.48. The number of carbonyl (C=O) groups excluding carboxylic acids is 1. The number of nitrogens with zero attached hydrogens (tertiary/aromatic N) is 2. The van der Waals surface area contributed by atoms with Crippen molar-refractivity contribution in [1.29, 1.82) is 0 Å². The Labute approximate surface area is 78.2 Å². The molecule has 0 N–H and O–H groups in total. The summed E-state index contributed by atoms with van der Waals surface area (Å²) in [5, 5.41) is 2.53. The molecule has 0 spiro atoms. The Balaban J connectivity index is 2.51. The van der Waals surface area contributed by atoms with Crippen LogP contribution in [0.5, 0.6) is 5.75 Å². The van der Waals surface area contributed by atoms with Crippen molar-refractivity contribution in [3.05, 3.63) is 17.9 Å². The summed E-state index contributed by atoms with van der Waals surface area (Å²) < 4.78 is 4.96. The Morgan fingerprint density at radius 3 is 3.23 bits per heavy atom. The first kappa shape index (κ1) is 8.12. The van der Waals surface area contributed by atoms with Gasteiger partial charge in [-0.1, -0.05) is 0 Å². The minimum absolute atomic E-state index is 0.330. The van der Waals surface area contributed by atoms with E-state index in [0.29, 0.717) is 5.75 Å². The third-order valence-electron chi connectivity index (χ3n) is 1.47. The van der Waals surface area contributed by atoms with Crippen LogP contribution in [0, 0.1) is 0 Å². The van der Waals surface area contributed by atoms with Crippen LogP contribution in [0.1, 0.15) is 6.92 Å². The molecule has 5 heteroatoms. The van der Waals surface area contributed by atoms with E-state index < -0.39 is 0 Å². The van der Waals surface area contributed by atoms with Gasteiger partial charge in [-0.25, -0.2) is 9.97 Å². The summed E-state index contributed by atoms with van der Waals surface area (Å²) in [6.07, 6.45) is 3.10. The number of carbonyl (C=O) groups is 1. The molecule has 0 bridgehead atoms. The maximum absolute atomic E-state index is 10.7. The molecule has 2 aromatic rings. The molecule has 0 saturated carbocycles. The normalized spacial score (nSPS) is 10.2. The van der Waals surface area contributed by atoms with E-state index in [9.17, 15) is 4.79 Å². The van der Waals surface area contributed by atoms with Gasteiger partial charge in [-0.3, -0.25) is 4.79 Å². The molecule has 4 nitrogen and oxygen atoms in total. The molecule has 2 aromatic heterocycles. The molecule has 0 atom stereocenters. The smallest absolute Gasteiger partial charge is 0.308 e. The third kappa shape index (κ3) is 1.50. The van der Waals surface area contributed by atoms with Crippen molar-refractivity contribution in [1.82, 2.24) is 9.97 Å². The molecule has 0 unspecified atom stereocenters. The standard InChI is InChI=1S/C8H6N2O2S/c1-5(11)12-7-3-13-8-6(7)2-9-4-10-8/h2-4H,1H3. The second-order valence-electron chi connectivity index (χ2n) is 2.44. The summed E-state index contributed by atoms with van der Waals surface area (Å²) in [5.41, 5.74) is 0. The Kier molecular flexibility index (Phi) is 1.94. The first-order valence-electron chi connectivity index (χ1n) is 3.63. The molecule has 0 fully saturated rings. The highest BCUT2D eigenvalue weighted by Gasteiger charge is 2.07. The van der Waals surface area contributed by atoms with E-state index in [1.54, 1.807) is 11.6 Å². The monoisotopic (exact) mass is 194 g/mol. The number of ether oxygens (including phenoxy) is 1. The van der Waals surface area contributed by atoms with Crippen LogP contribution in [-0.4, -0.2) is 15.9 Å². The second kappa shape index (κ2) is 3.10. The summed E-state index contributed by atoms with van der Waals surface area (Å²) in [7, 11) is 0. The molecule has 0 aliphatic rings. The number of esters is 1. The van der Waals surface area contributed by atoms with Crippen LogP contribution < -0.4 is 4.74 Å². The Morgan fingerprint density at radius 1 is 1.62 bits per heavy atom. The van der Waals surface area contributed by atoms with Gasteiger partial charge in [0, 0.05) is 18.5 Å². The van der Waals surface area contributed by atoms with Crippen molar-refractivity contribution in [2.24, 2.45) is 0 Å². The van der Waals surface area contributed by atoms with E-state index in [4.69, 9.17) is 4.74 Å². The zero-order valence-electron chi connectivity index (χ0n) is 6.85. The minimum atomic E-state index is -0.330. The maximum Gasteiger partial charge on any atom is 0.308 e. The van der Waals surface area contributed by atoms with Crippen molar-refractivity contribution >= 4 is 27.5 Å². The predicted octanol–water partition coefficient (Wildman–Crippen LogP) is 1.62. The van der Waals surface area contributed by atoms with E-state index in [1.807, 2.05) is 0 Å². The Morgan fingerprint density at radius 2 is 2.46 bits per heavy atom. The first-order chi connectivity index (χ1) is 6.27. The summed E-state index contributed by atoms with van der Waals surface area (Å²) in [6, 6.07) is 0. The van der Waals surface area contributed by atoms with Crippen molar-refractivity contribution in [3.8, 4) is 5.75 Å². The molecule has 2 rings (SSSR count). The van der Waals surface area contributed by atoms with Crippen molar-refractivity contribution in [2.45, 2.75) is 6.92 Å². The van der Waals surface area contributed by atoms with Crippen LogP contribution in [0.3, 0.4) is 0 Å². The highest BCUT2D eigenvalue weighted by atomic mass is 32.1. The quantitative estimate of drug-likeness (QED) is 0.647. The van der Waals surface area contributed by atoms with Crippen molar-refractivity contribution < 1.29 is 9.53 Å². The molecule has 0 amide bonds. The maximum atomic E-state index is 10.7. The van der Waals surface area contributed by atoms with E-state index in [1.165, 1.54) is 24.6 Å². The lowest BCUT2D eigenvalue weighted by Crippen LogP contribution is -2.00. The fraction of sp³-hybridized carbons (Fsp3) is 0.125. The summed E-state index contributed by atoms with van der Waals surface area (Å²) in [4.78, 5) is 19.4. The van der Waals surface area contributed by atoms with Crippen molar-refractivity contribution in [2.75, 3.05) is 0 Å². The number of hydrogen-bond acceptors (Lipinski definition) is 5. The van der Waals surface area contributed by atoms with Crippen LogP contribution in [-0.2, 0) is 4.79 Å². The van der Waals surface area contributed by atoms with Crippen molar-refractivity contribution in [3.63, 3.8) is 0 Å². The topological polar surface area (TPSA) is 52.1 Å². The van der Waals surface area contributed by atoms with Gasteiger partial charge in [0.25, 0.3) is 0 Å². The number of aromatic nitrogens is 2. The third-order valence-corrected chi connectivity index (χ3v) is 2.35. The molecular weight excluding hydrogens is 188 g/mol. The lowest BCUT2D eigenvalue weighted by atomic mass is 10.4. The lowest BCUT2D eigenvalue weighted by molar-refractivity contribution is -0.131. The fourth-order valence-corrected chi connectivity index (χ4v) is 1.77. The fourth-order valence-electron chi connectivity index (χ4n) is 0.988. The molecule has 0 radical (unpaired) electrons.